The number of halogens is 1. The van der Waals surface area contributed by atoms with Gasteiger partial charge in [-0.1, -0.05) is 28.1 Å². The summed E-state index contributed by atoms with van der Waals surface area (Å²) in [5.41, 5.74) is 2.91. The van der Waals surface area contributed by atoms with Crippen LogP contribution in [0.4, 0.5) is 0 Å². The minimum Gasteiger partial charge on any atom is -0.319 e. The van der Waals surface area contributed by atoms with E-state index in [-0.39, 0.29) is 0 Å². The summed E-state index contributed by atoms with van der Waals surface area (Å²) >= 11 is 5.79. The highest BCUT2D eigenvalue weighted by atomic mass is 79.9. The molecule has 16 heavy (non-hydrogen) atoms. The molecular weight excluding hydrogens is 282 g/mol. The van der Waals surface area contributed by atoms with Gasteiger partial charge in [0.15, 0.2) is 0 Å². The smallest absolute Gasteiger partial charge is 0.0213 e. The van der Waals surface area contributed by atoms with Gasteiger partial charge >= 0.3 is 0 Å². The van der Waals surface area contributed by atoms with Crippen molar-refractivity contribution in [2.75, 3.05) is 25.1 Å². The molecule has 0 aliphatic carbocycles. The average molecular weight is 300 g/mol. The van der Waals surface area contributed by atoms with Gasteiger partial charge in [0.25, 0.3) is 0 Å². The highest BCUT2D eigenvalue weighted by Crippen LogP contribution is 2.36. The van der Waals surface area contributed by atoms with Crippen LogP contribution in [0, 0.1) is 0 Å². The molecule has 1 fully saturated rings. The molecule has 3 heteroatoms. The molecule has 1 N–H and O–H groups in total. The summed E-state index contributed by atoms with van der Waals surface area (Å²) in [7, 11) is 2.00. The van der Waals surface area contributed by atoms with E-state index in [9.17, 15) is 0 Å². The lowest BCUT2D eigenvalue weighted by Crippen LogP contribution is -2.10. The predicted molar refractivity (Wildman–Crippen MR) is 76.5 cm³/mol. The van der Waals surface area contributed by atoms with Crippen molar-refractivity contribution in [2.45, 2.75) is 18.8 Å². The van der Waals surface area contributed by atoms with Gasteiger partial charge in [0, 0.05) is 10.2 Å². The first-order valence-electron chi connectivity index (χ1n) is 5.82. The van der Waals surface area contributed by atoms with E-state index in [1.807, 2.05) is 7.05 Å². The summed E-state index contributed by atoms with van der Waals surface area (Å²) in [6, 6.07) is 6.88. The van der Waals surface area contributed by atoms with Crippen molar-refractivity contribution >= 4 is 27.7 Å². The molecule has 0 aromatic heterocycles. The lowest BCUT2D eigenvalue weighted by molar-refractivity contribution is 0.771. The predicted octanol–water partition coefficient (Wildman–Crippen LogP) is 3.43. The van der Waals surface area contributed by atoms with Crippen LogP contribution in [-0.4, -0.2) is 25.1 Å². The number of hydrogen-bond acceptors (Lipinski definition) is 2. The summed E-state index contributed by atoms with van der Waals surface area (Å²) in [6.45, 7) is 1.05. The molecule has 0 amide bonds. The first-order valence-corrected chi connectivity index (χ1v) is 7.76. The maximum atomic E-state index is 3.72. The average Bonchev–Trinajstić information content (AvgIpc) is 2.80. The molecule has 1 nitrogen and oxygen atoms in total. The zero-order chi connectivity index (χ0) is 11.4. The zero-order valence-electron chi connectivity index (χ0n) is 9.63. The Morgan fingerprint density at radius 1 is 1.50 bits per heavy atom. The number of rotatable bonds is 4. The Morgan fingerprint density at radius 2 is 2.38 bits per heavy atom. The normalized spacial score (nSPS) is 20.2. The van der Waals surface area contributed by atoms with Gasteiger partial charge in [-0.3, -0.25) is 0 Å². The second-order valence-electron chi connectivity index (χ2n) is 4.27. The molecule has 1 aliphatic rings. The largest absolute Gasteiger partial charge is 0.319 e. The lowest BCUT2D eigenvalue weighted by Gasteiger charge is -2.12. The van der Waals surface area contributed by atoms with Gasteiger partial charge in [-0.2, -0.15) is 11.8 Å². The van der Waals surface area contributed by atoms with Gasteiger partial charge in [-0.15, -0.1) is 0 Å². The molecule has 0 spiro atoms. The SMILES string of the molecule is CNCCc1ccc(C2CCSC2)c(Br)c1. The Hall–Kier alpha value is 0.01000. The van der Waals surface area contributed by atoms with Crippen LogP contribution in [0.25, 0.3) is 0 Å². The molecule has 1 unspecified atom stereocenters. The monoisotopic (exact) mass is 299 g/mol. The standard InChI is InChI=1S/C13H18BrNS/c1-15-6-4-10-2-3-12(13(14)8-10)11-5-7-16-9-11/h2-3,8,11,15H,4-7,9H2,1H3. The van der Waals surface area contributed by atoms with Crippen LogP contribution in [0.1, 0.15) is 23.5 Å². The second kappa shape index (κ2) is 6.08. The minimum absolute atomic E-state index is 0.762. The molecule has 1 aliphatic heterocycles. The van der Waals surface area contributed by atoms with E-state index in [1.165, 1.54) is 33.5 Å². The quantitative estimate of drug-likeness (QED) is 0.914. The van der Waals surface area contributed by atoms with E-state index >= 15 is 0 Å². The van der Waals surface area contributed by atoms with Crippen LogP contribution in [-0.2, 0) is 6.42 Å². The summed E-state index contributed by atoms with van der Waals surface area (Å²) in [6.07, 6.45) is 2.44. The Kier molecular flexibility index (Phi) is 4.74. The van der Waals surface area contributed by atoms with E-state index in [0.717, 1.165) is 18.9 Å². The Morgan fingerprint density at radius 3 is 3.00 bits per heavy atom. The van der Waals surface area contributed by atoms with Gasteiger partial charge in [-0.25, -0.2) is 0 Å². The summed E-state index contributed by atoms with van der Waals surface area (Å²) in [5, 5.41) is 3.19. The first kappa shape index (κ1) is 12.5. The van der Waals surface area contributed by atoms with Crippen LogP contribution >= 0.6 is 27.7 Å². The van der Waals surface area contributed by atoms with E-state index < -0.39 is 0 Å². The summed E-state index contributed by atoms with van der Waals surface area (Å²) in [4.78, 5) is 0. The number of likely N-dealkylation sites (N-methyl/N-ethyl adjacent to an activating group) is 1. The van der Waals surface area contributed by atoms with Gasteiger partial charge < -0.3 is 5.32 Å². The summed E-state index contributed by atoms with van der Waals surface area (Å²) < 4.78 is 1.30. The highest BCUT2D eigenvalue weighted by Gasteiger charge is 2.19. The maximum Gasteiger partial charge on any atom is 0.0213 e. The molecule has 88 valence electrons. The molecule has 1 aromatic rings. The van der Waals surface area contributed by atoms with E-state index in [2.05, 4.69) is 51.2 Å². The number of benzene rings is 1. The van der Waals surface area contributed by atoms with Crippen molar-refractivity contribution in [1.82, 2.24) is 5.32 Å². The third-order valence-corrected chi connectivity index (χ3v) is 4.95. The topological polar surface area (TPSA) is 12.0 Å². The molecule has 0 saturated carbocycles. The molecule has 1 heterocycles. The van der Waals surface area contributed by atoms with Crippen LogP contribution in [0.2, 0.25) is 0 Å². The maximum absolute atomic E-state index is 3.72. The van der Waals surface area contributed by atoms with Gasteiger partial charge in [0.2, 0.25) is 0 Å². The molecule has 0 bridgehead atoms. The Labute approximate surface area is 111 Å². The van der Waals surface area contributed by atoms with Crippen LogP contribution < -0.4 is 5.32 Å². The number of hydrogen-bond donors (Lipinski definition) is 1. The van der Waals surface area contributed by atoms with Crippen molar-refractivity contribution in [3.8, 4) is 0 Å². The fourth-order valence-electron chi connectivity index (χ4n) is 2.11. The fraction of sp³-hybridized carbons (Fsp3) is 0.538. The Bertz CT molecular complexity index is 348. The fourth-order valence-corrected chi connectivity index (χ4v) is 4.10. The van der Waals surface area contributed by atoms with Crippen molar-refractivity contribution in [3.63, 3.8) is 0 Å². The first-order chi connectivity index (χ1) is 7.81. The van der Waals surface area contributed by atoms with Crippen LogP contribution in [0.5, 0.6) is 0 Å². The van der Waals surface area contributed by atoms with E-state index in [0.29, 0.717) is 0 Å². The van der Waals surface area contributed by atoms with E-state index in [4.69, 9.17) is 0 Å². The molecule has 0 radical (unpaired) electrons. The molecule has 1 atom stereocenters. The third kappa shape index (κ3) is 3.02. The minimum atomic E-state index is 0.762. The van der Waals surface area contributed by atoms with Crippen molar-refractivity contribution in [3.05, 3.63) is 33.8 Å². The van der Waals surface area contributed by atoms with Gasteiger partial charge in [-0.05, 0) is 55.3 Å². The zero-order valence-corrected chi connectivity index (χ0v) is 12.0. The van der Waals surface area contributed by atoms with E-state index in [1.54, 1.807) is 0 Å². The van der Waals surface area contributed by atoms with Crippen LogP contribution in [0.15, 0.2) is 22.7 Å². The molecule has 2 rings (SSSR count). The Balaban J connectivity index is 2.09. The van der Waals surface area contributed by atoms with Crippen LogP contribution in [0.3, 0.4) is 0 Å². The second-order valence-corrected chi connectivity index (χ2v) is 6.27. The number of nitrogens with one attached hydrogen (secondary N) is 1. The summed E-state index contributed by atoms with van der Waals surface area (Å²) in [5.74, 6) is 3.37. The molecular formula is C13H18BrNS. The van der Waals surface area contributed by atoms with Gasteiger partial charge in [0.1, 0.15) is 0 Å². The highest BCUT2D eigenvalue weighted by molar-refractivity contribution is 9.10. The van der Waals surface area contributed by atoms with Crippen molar-refractivity contribution in [2.24, 2.45) is 0 Å². The number of thioether (sulfide) groups is 1. The molecule has 1 aromatic carbocycles. The lowest BCUT2D eigenvalue weighted by atomic mass is 9.97. The molecule has 1 saturated heterocycles. The van der Waals surface area contributed by atoms with Gasteiger partial charge in [0.05, 0.1) is 0 Å². The van der Waals surface area contributed by atoms with Crippen molar-refractivity contribution in [1.29, 1.82) is 0 Å². The van der Waals surface area contributed by atoms with Crippen molar-refractivity contribution < 1.29 is 0 Å². The third-order valence-electron chi connectivity index (χ3n) is 3.10.